The number of aliphatic hydroxyl groups is 1. The summed E-state index contributed by atoms with van der Waals surface area (Å²) in [7, 11) is 0. The standard InChI is InChI=1S/C20H31N3O3/c1-5-21-18(25)16-8-7-15(4)17(11-16)22-19(26)23-10-6-9-20(23,13-24)12-14(2)3/h7-8,11,14,24H,5-6,9-10,12-13H2,1-4H3,(H,21,25)(H,22,26)/t20-/m1/s1. The van der Waals surface area contributed by atoms with Crippen LogP contribution in [-0.4, -0.2) is 47.2 Å². The lowest BCUT2D eigenvalue weighted by molar-refractivity contribution is 0.0727. The molecular weight excluding hydrogens is 330 g/mol. The van der Waals surface area contributed by atoms with E-state index in [2.05, 4.69) is 24.5 Å². The van der Waals surface area contributed by atoms with Gasteiger partial charge in [0.1, 0.15) is 0 Å². The number of hydrogen-bond donors (Lipinski definition) is 3. The Balaban J connectivity index is 2.21. The summed E-state index contributed by atoms with van der Waals surface area (Å²) in [6.07, 6.45) is 2.47. The van der Waals surface area contributed by atoms with Crippen molar-refractivity contribution in [1.82, 2.24) is 10.2 Å². The number of anilines is 1. The molecule has 1 saturated heterocycles. The molecule has 1 aromatic carbocycles. The zero-order valence-corrected chi connectivity index (χ0v) is 16.3. The normalized spacial score (nSPS) is 19.7. The van der Waals surface area contributed by atoms with Crippen LogP contribution in [0.2, 0.25) is 0 Å². The number of carbonyl (C=O) groups excluding carboxylic acids is 2. The number of urea groups is 1. The molecule has 0 spiro atoms. The van der Waals surface area contributed by atoms with Gasteiger partial charge in [0, 0.05) is 24.3 Å². The fraction of sp³-hybridized carbons (Fsp3) is 0.600. The largest absolute Gasteiger partial charge is 0.394 e. The van der Waals surface area contributed by atoms with Gasteiger partial charge in [0.2, 0.25) is 0 Å². The van der Waals surface area contributed by atoms with Gasteiger partial charge in [0.25, 0.3) is 5.91 Å². The second-order valence-electron chi connectivity index (χ2n) is 7.55. The molecule has 0 aromatic heterocycles. The predicted molar refractivity (Wildman–Crippen MR) is 103 cm³/mol. The lowest BCUT2D eigenvalue weighted by Gasteiger charge is -2.38. The lowest BCUT2D eigenvalue weighted by Crippen LogP contribution is -2.52. The number of aryl methyl sites for hydroxylation is 1. The van der Waals surface area contributed by atoms with E-state index in [-0.39, 0.29) is 18.5 Å². The van der Waals surface area contributed by atoms with Gasteiger partial charge in [-0.25, -0.2) is 4.79 Å². The highest BCUT2D eigenvalue weighted by atomic mass is 16.3. The molecule has 3 amide bonds. The fourth-order valence-corrected chi connectivity index (χ4v) is 3.80. The molecule has 1 aromatic rings. The summed E-state index contributed by atoms with van der Waals surface area (Å²) in [5.41, 5.74) is 1.54. The number of carbonyl (C=O) groups is 2. The molecule has 0 aliphatic carbocycles. The van der Waals surface area contributed by atoms with Crippen LogP contribution in [0.3, 0.4) is 0 Å². The van der Waals surface area contributed by atoms with Gasteiger partial charge in [0.05, 0.1) is 12.1 Å². The Kier molecular flexibility index (Phi) is 6.64. The quantitative estimate of drug-likeness (QED) is 0.728. The summed E-state index contributed by atoms with van der Waals surface area (Å²) < 4.78 is 0. The summed E-state index contributed by atoms with van der Waals surface area (Å²) in [6.45, 7) is 9.12. The van der Waals surface area contributed by atoms with Crippen LogP contribution in [-0.2, 0) is 0 Å². The number of aliphatic hydroxyl groups excluding tert-OH is 1. The van der Waals surface area contributed by atoms with Crippen LogP contribution in [0.5, 0.6) is 0 Å². The van der Waals surface area contributed by atoms with Crippen molar-refractivity contribution in [1.29, 1.82) is 0 Å². The first-order chi connectivity index (χ1) is 12.3. The third-order valence-corrected chi connectivity index (χ3v) is 5.00. The first-order valence-corrected chi connectivity index (χ1v) is 9.41. The topological polar surface area (TPSA) is 81.7 Å². The Labute approximate surface area is 156 Å². The Bertz CT molecular complexity index is 660. The number of amides is 3. The minimum absolute atomic E-state index is 0.0312. The van der Waals surface area contributed by atoms with Gasteiger partial charge in [-0.1, -0.05) is 19.9 Å². The molecule has 1 atom stereocenters. The van der Waals surface area contributed by atoms with Gasteiger partial charge in [-0.2, -0.15) is 0 Å². The van der Waals surface area contributed by atoms with Crippen molar-refractivity contribution in [2.24, 2.45) is 5.92 Å². The van der Waals surface area contributed by atoms with Crippen LogP contribution >= 0.6 is 0 Å². The molecular formula is C20H31N3O3. The van der Waals surface area contributed by atoms with E-state index in [1.807, 2.05) is 19.9 Å². The van der Waals surface area contributed by atoms with Crippen LogP contribution in [0.4, 0.5) is 10.5 Å². The molecule has 0 bridgehead atoms. The highest BCUT2D eigenvalue weighted by Gasteiger charge is 2.43. The average molecular weight is 361 g/mol. The molecule has 1 aliphatic rings. The predicted octanol–water partition coefficient (Wildman–Crippen LogP) is 3.15. The summed E-state index contributed by atoms with van der Waals surface area (Å²) >= 11 is 0. The van der Waals surface area contributed by atoms with Crippen LogP contribution < -0.4 is 10.6 Å². The van der Waals surface area contributed by atoms with Gasteiger partial charge < -0.3 is 20.6 Å². The van der Waals surface area contributed by atoms with E-state index < -0.39 is 5.54 Å². The monoisotopic (exact) mass is 361 g/mol. The molecule has 2 rings (SSSR count). The van der Waals surface area contributed by atoms with E-state index in [4.69, 9.17) is 0 Å². The van der Waals surface area contributed by atoms with Crippen molar-refractivity contribution in [3.63, 3.8) is 0 Å². The minimum atomic E-state index is -0.497. The SMILES string of the molecule is CCNC(=O)c1ccc(C)c(NC(=O)N2CCC[C@]2(CO)CC(C)C)c1. The Morgan fingerprint density at radius 3 is 2.69 bits per heavy atom. The number of likely N-dealkylation sites (tertiary alicyclic amines) is 1. The zero-order valence-electron chi connectivity index (χ0n) is 16.3. The third kappa shape index (κ3) is 4.36. The maximum absolute atomic E-state index is 12.9. The Hall–Kier alpha value is -2.08. The van der Waals surface area contributed by atoms with Gasteiger partial charge >= 0.3 is 6.03 Å². The molecule has 3 N–H and O–H groups in total. The molecule has 0 saturated carbocycles. The van der Waals surface area contributed by atoms with E-state index >= 15 is 0 Å². The van der Waals surface area contributed by atoms with Crippen molar-refractivity contribution < 1.29 is 14.7 Å². The lowest BCUT2D eigenvalue weighted by atomic mass is 9.87. The van der Waals surface area contributed by atoms with E-state index in [0.717, 1.165) is 24.8 Å². The molecule has 0 radical (unpaired) electrons. The highest BCUT2D eigenvalue weighted by molar-refractivity contribution is 5.97. The maximum atomic E-state index is 12.9. The molecule has 1 heterocycles. The van der Waals surface area contributed by atoms with Crippen LogP contribution in [0, 0.1) is 12.8 Å². The highest BCUT2D eigenvalue weighted by Crippen LogP contribution is 2.35. The van der Waals surface area contributed by atoms with Crippen molar-refractivity contribution >= 4 is 17.6 Å². The second kappa shape index (κ2) is 8.54. The summed E-state index contributed by atoms with van der Waals surface area (Å²) in [6, 6.07) is 5.07. The van der Waals surface area contributed by atoms with Crippen LogP contribution in [0.15, 0.2) is 18.2 Å². The number of nitrogens with zero attached hydrogens (tertiary/aromatic N) is 1. The summed E-state index contributed by atoms with van der Waals surface area (Å²) in [5, 5.41) is 15.7. The Morgan fingerprint density at radius 2 is 2.08 bits per heavy atom. The molecule has 6 heteroatoms. The Morgan fingerprint density at radius 1 is 1.35 bits per heavy atom. The molecule has 1 aliphatic heterocycles. The first kappa shape index (κ1) is 20.2. The number of rotatable bonds is 6. The van der Waals surface area contributed by atoms with Crippen LogP contribution in [0.25, 0.3) is 0 Å². The summed E-state index contributed by atoms with van der Waals surface area (Å²) in [4.78, 5) is 26.8. The van der Waals surface area contributed by atoms with Gasteiger partial charge in [-0.05, 0) is 56.7 Å². The average Bonchev–Trinajstić information content (AvgIpc) is 3.00. The van der Waals surface area contributed by atoms with Gasteiger partial charge in [0.15, 0.2) is 0 Å². The van der Waals surface area contributed by atoms with Crippen LogP contribution in [0.1, 0.15) is 56.0 Å². The van der Waals surface area contributed by atoms with E-state index in [9.17, 15) is 14.7 Å². The number of nitrogens with one attached hydrogen (secondary N) is 2. The van der Waals surface area contributed by atoms with Crippen molar-refractivity contribution in [2.75, 3.05) is 25.0 Å². The van der Waals surface area contributed by atoms with E-state index in [1.165, 1.54) is 0 Å². The first-order valence-electron chi connectivity index (χ1n) is 9.41. The maximum Gasteiger partial charge on any atom is 0.322 e. The number of benzene rings is 1. The smallest absolute Gasteiger partial charge is 0.322 e. The van der Waals surface area contributed by atoms with Crippen molar-refractivity contribution in [3.8, 4) is 0 Å². The third-order valence-electron chi connectivity index (χ3n) is 5.00. The van der Waals surface area contributed by atoms with E-state index in [0.29, 0.717) is 30.3 Å². The molecule has 0 unspecified atom stereocenters. The fourth-order valence-electron chi connectivity index (χ4n) is 3.80. The van der Waals surface area contributed by atoms with E-state index in [1.54, 1.807) is 17.0 Å². The van der Waals surface area contributed by atoms with Gasteiger partial charge in [-0.15, -0.1) is 0 Å². The van der Waals surface area contributed by atoms with Crippen molar-refractivity contribution in [2.45, 2.75) is 52.5 Å². The molecule has 144 valence electrons. The van der Waals surface area contributed by atoms with Gasteiger partial charge in [-0.3, -0.25) is 4.79 Å². The zero-order chi connectivity index (χ0) is 19.3. The molecule has 1 fully saturated rings. The summed E-state index contributed by atoms with van der Waals surface area (Å²) in [5.74, 6) is 0.229. The molecule has 26 heavy (non-hydrogen) atoms. The second-order valence-corrected chi connectivity index (χ2v) is 7.55. The molecule has 6 nitrogen and oxygen atoms in total. The van der Waals surface area contributed by atoms with Crippen molar-refractivity contribution in [3.05, 3.63) is 29.3 Å². The number of hydrogen-bond acceptors (Lipinski definition) is 3. The minimum Gasteiger partial charge on any atom is -0.394 e.